The van der Waals surface area contributed by atoms with Crippen LogP contribution in [0.4, 0.5) is 16.2 Å². The van der Waals surface area contributed by atoms with Crippen molar-refractivity contribution in [1.82, 2.24) is 10.2 Å². The molecule has 1 aromatic carbocycles. The minimum atomic E-state index is -0.320. The smallest absolute Gasteiger partial charge is 0.318 e. The van der Waals surface area contributed by atoms with Gasteiger partial charge in [0.05, 0.1) is 0 Å². The summed E-state index contributed by atoms with van der Waals surface area (Å²) in [5, 5.41) is 6.12. The van der Waals surface area contributed by atoms with E-state index in [4.69, 9.17) is 0 Å². The van der Waals surface area contributed by atoms with Crippen molar-refractivity contribution in [1.29, 1.82) is 0 Å². The SMILES string of the molecule is CC(C)[C@@H](C)N(Cc1cc(NC(=O)CC(C)(C)C)ccc1N(C)C)C(=O)NC(C)(C)C. The molecule has 0 saturated heterocycles. The normalized spacial score (nSPS) is 13.0. The molecule has 0 saturated carbocycles. The number of hydrogen-bond donors (Lipinski definition) is 2. The number of amides is 3. The topological polar surface area (TPSA) is 64.7 Å². The van der Waals surface area contributed by atoms with Gasteiger partial charge in [-0.25, -0.2) is 4.79 Å². The highest BCUT2D eigenvalue weighted by Crippen LogP contribution is 2.27. The molecule has 1 atom stereocenters. The van der Waals surface area contributed by atoms with Crippen LogP contribution in [0.15, 0.2) is 18.2 Å². The van der Waals surface area contributed by atoms with Crippen LogP contribution >= 0.6 is 0 Å². The van der Waals surface area contributed by atoms with E-state index < -0.39 is 0 Å². The molecule has 6 nitrogen and oxygen atoms in total. The van der Waals surface area contributed by atoms with Crippen LogP contribution in [0.5, 0.6) is 0 Å². The number of hydrogen-bond acceptors (Lipinski definition) is 3. The van der Waals surface area contributed by atoms with Crippen molar-refractivity contribution < 1.29 is 9.59 Å². The van der Waals surface area contributed by atoms with Crippen molar-refractivity contribution in [3.8, 4) is 0 Å². The van der Waals surface area contributed by atoms with Crippen molar-refractivity contribution in [2.45, 2.75) is 86.9 Å². The van der Waals surface area contributed by atoms with E-state index in [1.165, 1.54) is 0 Å². The van der Waals surface area contributed by atoms with Crippen molar-refractivity contribution in [3.05, 3.63) is 23.8 Å². The molecule has 31 heavy (non-hydrogen) atoms. The fourth-order valence-corrected chi connectivity index (χ4v) is 3.25. The first-order chi connectivity index (χ1) is 14.0. The first-order valence-electron chi connectivity index (χ1n) is 11.2. The molecule has 3 amide bonds. The average molecular weight is 433 g/mol. The number of urea groups is 1. The minimum absolute atomic E-state index is 0.00562. The van der Waals surface area contributed by atoms with E-state index >= 15 is 0 Å². The molecule has 0 bridgehead atoms. The molecule has 1 aromatic rings. The van der Waals surface area contributed by atoms with Gasteiger partial charge in [-0.2, -0.15) is 0 Å². The van der Waals surface area contributed by atoms with Gasteiger partial charge in [-0.05, 0) is 62.8 Å². The van der Waals surface area contributed by atoms with Gasteiger partial charge in [-0.3, -0.25) is 4.79 Å². The predicted octanol–water partition coefficient (Wildman–Crippen LogP) is 5.48. The molecule has 0 unspecified atom stereocenters. The molecular weight excluding hydrogens is 388 g/mol. The van der Waals surface area contributed by atoms with Crippen molar-refractivity contribution in [3.63, 3.8) is 0 Å². The highest BCUT2D eigenvalue weighted by Gasteiger charge is 2.27. The molecule has 1 rings (SSSR count). The molecule has 6 heteroatoms. The van der Waals surface area contributed by atoms with Gasteiger partial charge in [0.25, 0.3) is 0 Å². The number of rotatable bonds is 7. The van der Waals surface area contributed by atoms with E-state index in [0.717, 1.165) is 16.9 Å². The third kappa shape index (κ3) is 9.19. The summed E-state index contributed by atoms with van der Waals surface area (Å²) < 4.78 is 0. The van der Waals surface area contributed by atoms with Crippen LogP contribution < -0.4 is 15.5 Å². The Morgan fingerprint density at radius 3 is 2.03 bits per heavy atom. The molecule has 0 spiro atoms. The number of carbonyl (C=O) groups is 2. The van der Waals surface area contributed by atoms with E-state index in [1.807, 2.05) is 83.6 Å². The molecule has 0 fully saturated rings. The number of anilines is 2. The highest BCUT2D eigenvalue weighted by atomic mass is 16.2. The molecular formula is C25H44N4O2. The summed E-state index contributed by atoms with van der Waals surface area (Å²) in [6.07, 6.45) is 0.447. The van der Waals surface area contributed by atoms with Crippen molar-refractivity contribution in [2.75, 3.05) is 24.3 Å². The average Bonchev–Trinajstić information content (AvgIpc) is 2.55. The zero-order valence-corrected chi connectivity index (χ0v) is 21.5. The summed E-state index contributed by atoms with van der Waals surface area (Å²) in [6.45, 7) is 18.9. The number of benzene rings is 1. The van der Waals surface area contributed by atoms with Gasteiger partial charge in [0.1, 0.15) is 0 Å². The van der Waals surface area contributed by atoms with Crippen molar-refractivity contribution >= 4 is 23.3 Å². The Balaban J connectivity index is 3.27. The fourth-order valence-electron chi connectivity index (χ4n) is 3.25. The molecule has 0 aliphatic heterocycles. The van der Waals surface area contributed by atoms with E-state index in [2.05, 4.69) is 31.4 Å². The zero-order chi connectivity index (χ0) is 24.1. The van der Waals surface area contributed by atoms with Crippen LogP contribution in [0, 0.1) is 11.3 Å². The lowest BCUT2D eigenvalue weighted by atomic mass is 9.92. The Morgan fingerprint density at radius 2 is 1.58 bits per heavy atom. The molecule has 0 heterocycles. The molecule has 0 aliphatic rings. The summed E-state index contributed by atoms with van der Waals surface area (Å²) in [5.74, 6) is 0.303. The largest absolute Gasteiger partial charge is 0.377 e. The maximum Gasteiger partial charge on any atom is 0.318 e. The van der Waals surface area contributed by atoms with Gasteiger partial charge in [0.2, 0.25) is 5.91 Å². The molecule has 176 valence electrons. The standard InChI is InChI=1S/C25H44N4O2/c1-17(2)18(3)29(23(31)27-25(7,8)9)16-19-14-20(12-13-21(19)28(10)11)26-22(30)15-24(4,5)6/h12-14,17-18H,15-16H2,1-11H3,(H,26,30)(H,27,31)/t18-/m1/s1. The maximum atomic E-state index is 13.1. The lowest BCUT2D eigenvalue weighted by Gasteiger charge is -2.35. The lowest BCUT2D eigenvalue weighted by molar-refractivity contribution is -0.117. The molecule has 0 aromatic heterocycles. The molecule has 0 aliphatic carbocycles. The Hall–Kier alpha value is -2.24. The second-order valence-corrected chi connectivity index (χ2v) is 11.3. The molecule has 0 radical (unpaired) electrons. The quantitative estimate of drug-likeness (QED) is 0.599. The summed E-state index contributed by atoms with van der Waals surface area (Å²) in [4.78, 5) is 29.5. The van der Waals surface area contributed by atoms with Crippen LogP contribution in [0.1, 0.15) is 74.3 Å². The summed E-state index contributed by atoms with van der Waals surface area (Å²) >= 11 is 0. The summed E-state index contributed by atoms with van der Waals surface area (Å²) in [6, 6.07) is 5.88. The van der Waals surface area contributed by atoms with Gasteiger partial charge in [-0.15, -0.1) is 0 Å². The monoisotopic (exact) mass is 432 g/mol. The minimum Gasteiger partial charge on any atom is -0.377 e. The van der Waals surface area contributed by atoms with Crippen LogP contribution in [-0.4, -0.2) is 42.5 Å². The number of nitrogens with zero attached hydrogens (tertiary/aromatic N) is 2. The van der Waals surface area contributed by atoms with Crippen LogP contribution in [0.25, 0.3) is 0 Å². The van der Waals surface area contributed by atoms with E-state index in [9.17, 15) is 9.59 Å². The van der Waals surface area contributed by atoms with Crippen molar-refractivity contribution in [2.24, 2.45) is 11.3 Å². The van der Waals surface area contributed by atoms with Crippen LogP contribution in [0.3, 0.4) is 0 Å². The fraction of sp³-hybridized carbons (Fsp3) is 0.680. The van der Waals surface area contributed by atoms with E-state index in [1.54, 1.807) is 0 Å². The lowest BCUT2D eigenvalue weighted by Crippen LogP contribution is -2.52. The number of nitrogens with one attached hydrogen (secondary N) is 2. The first-order valence-corrected chi connectivity index (χ1v) is 11.2. The van der Waals surface area contributed by atoms with Crippen LogP contribution in [0.2, 0.25) is 0 Å². The van der Waals surface area contributed by atoms with Gasteiger partial charge in [-0.1, -0.05) is 34.6 Å². The Labute approximate surface area is 189 Å². The second kappa shape index (κ2) is 10.4. The Kier molecular flexibility index (Phi) is 8.97. The number of carbonyl (C=O) groups excluding carboxylic acids is 2. The third-order valence-corrected chi connectivity index (χ3v) is 5.08. The summed E-state index contributed by atoms with van der Waals surface area (Å²) in [7, 11) is 3.98. The highest BCUT2D eigenvalue weighted by molar-refractivity contribution is 5.91. The second-order valence-electron chi connectivity index (χ2n) is 11.3. The predicted molar refractivity (Wildman–Crippen MR) is 132 cm³/mol. The molecule has 2 N–H and O–H groups in total. The maximum absolute atomic E-state index is 13.1. The third-order valence-electron chi connectivity index (χ3n) is 5.08. The summed E-state index contributed by atoms with van der Waals surface area (Å²) in [5.41, 5.74) is 2.38. The Morgan fingerprint density at radius 1 is 1.00 bits per heavy atom. The Bertz CT molecular complexity index is 758. The van der Waals surface area contributed by atoms with E-state index in [-0.39, 0.29) is 28.9 Å². The van der Waals surface area contributed by atoms with Gasteiger partial charge in [0, 0.05) is 50.0 Å². The van der Waals surface area contributed by atoms with E-state index in [0.29, 0.717) is 18.9 Å². The first kappa shape index (κ1) is 26.8. The van der Waals surface area contributed by atoms with Gasteiger partial charge in [0.15, 0.2) is 0 Å². The van der Waals surface area contributed by atoms with Crippen LogP contribution in [-0.2, 0) is 11.3 Å². The van der Waals surface area contributed by atoms with Gasteiger partial charge >= 0.3 is 6.03 Å². The zero-order valence-electron chi connectivity index (χ0n) is 21.5. The van der Waals surface area contributed by atoms with Gasteiger partial charge < -0.3 is 20.4 Å².